The Bertz CT molecular complexity index is 1390. The van der Waals surface area contributed by atoms with Crippen molar-refractivity contribution in [3.05, 3.63) is 131 Å². The zero-order chi connectivity index (χ0) is 22.5. The van der Waals surface area contributed by atoms with Gasteiger partial charge in [-0.3, -0.25) is 4.79 Å². The Morgan fingerprint density at radius 2 is 1.55 bits per heavy atom. The second-order valence-electron chi connectivity index (χ2n) is 7.59. The Kier molecular flexibility index (Phi) is 6.09. The lowest BCUT2D eigenvalue weighted by Gasteiger charge is -2.08. The summed E-state index contributed by atoms with van der Waals surface area (Å²) in [6.07, 6.45) is 1.91. The maximum Gasteiger partial charge on any atom is 0.196 e. The van der Waals surface area contributed by atoms with Gasteiger partial charge < -0.3 is 4.74 Å². The van der Waals surface area contributed by atoms with Gasteiger partial charge in [-0.2, -0.15) is 0 Å². The van der Waals surface area contributed by atoms with Crippen LogP contribution < -0.4 is 4.74 Å². The highest BCUT2D eigenvalue weighted by Gasteiger charge is 2.18. The average molecular weight is 448 g/mol. The average Bonchev–Trinajstić information content (AvgIpc) is 3.31. The molecule has 0 aliphatic carbocycles. The quantitative estimate of drug-likeness (QED) is 0.194. The standard InChI is InChI=1S/C29H21NO2S/c31-28(23-13-5-2-6-14-23)25(29-30-26-16-7-8-17-27(26)33-29)19-22-12-9-15-24(18-22)32-20-21-10-3-1-4-11-21/h1-19H,20H2. The summed E-state index contributed by atoms with van der Waals surface area (Å²) in [6.45, 7) is 0.488. The van der Waals surface area contributed by atoms with Gasteiger partial charge >= 0.3 is 0 Å². The van der Waals surface area contributed by atoms with Gasteiger partial charge in [0.15, 0.2) is 5.78 Å². The highest BCUT2D eigenvalue weighted by Crippen LogP contribution is 2.31. The molecule has 0 bridgehead atoms. The molecule has 4 aromatic carbocycles. The first-order valence-electron chi connectivity index (χ1n) is 10.7. The number of benzene rings is 4. The van der Waals surface area contributed by atoms with Crippen molar-refractivity contribution in [3.8, 4) is 5.75 Å². The molecule has 0 saturated heterocycles. The minimum Gasteiger partial charge on any atom is -0.489 e. The Hall–Kier alpha value is -4.02. The molecule has 4 heteroatoms. The molecule has 0 unspecified atom stereocenters. The van der Waals surface area contributed by atoms with Gasteiger partial charge in [-0.1, -0.05) is 84.9 Å². The van der Waals surface area contributed by atoms with Crippen LogP contribution in [-0.4, -0.2) is 10.8 Å². The third kappa shape index (κ3) is 4.92. The normalized spacial score (nSPS) is 11.5. The molecule has 1 heterocycles. The molecule has 0 aliphatic rings. The van der Waals surface area contributed by atoms with E-state index in [4.69, 9.17) is 9.72 Å². The van der Waals surface area contributed by atoms with Crippen LogP contribution >= 0.6 is 11.3 Å². The van der Waals surface area contributed by atoms with Crippen molar-refractivity contribution in [2.45, 2.75) is 6.61 Å². The van der Waals surface area contributed by atoms with Crippen LogP contribution in [0.25, 0.3) is 21.9 Å². The fourth-order valence-electron chi connectivity index (χ4n) is 3.56. The van der Waals surface area contributed by atoms with Crippen molar-refractivity contribution < 1.29 is 9.53 Å². The zero-order valence-electron chi connectivity index (χ0n) is 17.8. The van der Waals surface area contributed by atoms with Gasteiger partial charge in [-0.05, 0) is 41.5 Å². The molecule has 3 nitrogen and oxygen atoms in total. The van der Waals surface area contributed by atoms with Crippen LogP contribution in [-0.2, 0) is 6.61 Å². The summed E-state index contributed by atoms with van der Waals surface area (Å²) in [5, 5.41) is 0.709. The van der Waals surface area contributed by atoms with Gasteiger partial charge in [0.25, 0.3) is 0 Å². The smallest absolute Gasteiger partial charge is 0.196 e. The van der Waals surface area contributed by atoms with Crippen LogP contribution in [0.2, 0.25) is 0 Å². The Morgan fingerprint density at radius 3 is 2.33 bits per heavy atom. The van der Waals surface area contributed by atoms with Crippen LogP contribution in [0.5, 0.6) is 5.75 Å². The van der Waals surface area contributed by atoms with E-state index in [0.717, 1.165) is 27.1 Å². The first-order valence-corrected chi connectivity index (χ1v) is 11.5. The summed E-state index contributed by atoms with van der Waals surface area (Å²) in [4.78, 5) is 18.2. The van der Waals surface area contributed by atoms with Gasteiger partial charge in [-0.25, -0.2) is 4.98 Å². The molecule has 5 rings (SSSR count). The van der Waals surface area contributed by atoms with Crippen molar-refractivity contribution >= 4 is 39.0 Å². The fraction of sp³-hybridized carbons (Fsp3) is 0.0345. The van der Waals surface area contributed by atoms with Crippen LogP contribution in [0, 0.1) is 0 Å². The van der Waals surface area contributed by atoms with Gasteiger partial charge in [0.1, 0.15) is 17.4 Å². The molecule has 0 N–H and O–H groups in total. The Labute approximate surface area is 196 Å². The summed E-state index contributed by atoms with van der Waals surface area (Å²) in [5.41, 5.74) is 4.10. The molecule has 33 heavy (non-hydrogen) atoms. The Balaban J connectivity index is 1.51. The van der Waals surface area contributed by atoms with E-state index < -0.39 is 0 Å². The predicted molar refractivity (Wildman–Crippen MR) is 135 cm³/mol. The van der Waals surface area contributed by atoms with Gasteiger partial charge in [0, 0.05) is 5.56 Å². The molecule has 0 spiro atoms. The largest absolute Gasteiger partial charge is 0.489 e. The molecule has 5 aromatic rings. The van der Waals surface area contributed by atoms with Crippen LogP contribution in [0.3, 0.4) is 0 Å². The fourth-order valence-corrected chi connectivity index (χ4v) is 4.54. The number of Topliss-reactive ketones (excluding diaryl/α,β-unsaturated/α-hetero) is 1. The van der Waals surface area contributed by atoms with E-state index in [9.17, 15) is 4.79 Å². The zero-order valence-corrected chi connectivity index (χ0v) is 18.7. The predicted octanol–water partition coefficient (Wildman–Crippen LogP) is 7.30. The van der Waals surface area contributed by atoms with E-state index in [0.29, 0.717) is 22.8 Å². The van der Waals surface area contributed by atoms with Gasteiger partial charge in [-0.15, -0.1) is 11.3 Å². The van der Waals surface area contributed by atoms with E-state index in [1.165, 1.54) is 11.3 Å². The summed E-state index contributed by atoms with van der Waals surface area (Å²) in [7, 11) is 0. The lowest BCUT2D eigenvalue weighted by atomic mass is 10.0. The van der Waals surface area contributed by atoms with Gasteiger partial charge in [0.05, 0.1) is 15.8 Å². The number of nitrogens with zero attached hydrogens (tertiary/aromatic N) is 1. The van der Waals surface area contributed by atoms with Crippen LogP contribution in [0.4, 0.5) is 0 Å². The number of rotatable bonds is 7. The third-order valence-corrected chi connectivity index (χ3v) is 6.29. The van der Waals surface area contributed by atoms with E-state index >= 15 is 0 Å². The molecule has 0 fully saturated rings. The van der Waals surface area contributed by atoms with Crippen molar-refractivity contribution in [2.24, 2.45) is 0 Å². The number of hydrogen-bond acceptors (Lipinski definition) is 4. The molecule has 160 valence electrons. The topological polar surface area (TPSA) is 39.2 Å². The summed E-state index contributed by atoms with van der Waals surface area (Å²) in [6, 6.07) is 35.1. The number of ether oxygens (including phenoxy) is 1. The SMILES string of the molecule is O=C(C(=Cc1cccc(OCc2ccccc2)c1)c1nc2ccccc2s1)c1ccccc1. The van der Waals surface area contributed by atoms with Crippen LogP contribution in [0.1, 0.15) is 26.5 Å². The number of allylic oxidation sites excluding steroid dienone is 1. The molecule has 0 saturated carbocycles. The lowest BCUT2D eigenvalue weighted by molar-refractivity contribution is 0.105. The molecule has 1 aromatic heterocycles. The number of aromatic nitrogens is 1. The van der Waals surface area contributed by atoms with E-state index in [1.807, 2.05) is 115 Å². The minimum atomic E-state index is -0.0507. The molecule has 0 radical (unpaired) electrons. The monoisotopic (exact) mass is 447 g/mol. The number of ketones is 1. The number of fused-ring (bicyclic) bond motifs is 1. The lowest BCUT2D eigenvalue weighted by Crippen LogP contribution is -2.02. The molecular formula is C29H21NO2S. The second-order valence-corrected chi connectivity index (χ2v) is 8.62. The van der Waals surface area contributed by atoms with E-state index in [-0.39, 0.29) is 5.78 Å². The third-order valence-electron chi connectivity index (χ3n) is 5.22. The molecule has 0 atom stereocenters. The van der Waals surface area contributed by atoms with Crippen molar-refractivity contribution in [1.82, 2.24) is 4.98 Å². The number of para-hydroxylation sites is 1. The first kappa shape index (κ1) is 20.9. The molecule has 0 amide bonds. The van der Waals surface area contributed by atoms with Crippen molar-refractivity contribution in [1.29, 1.82) is 0 Å². The number of carbonyl (C=O) groups is 1. The molecular weight excluding hydrogens is 426 g/mol. The van der Waals surface area contributed by atoms with Crippen molar-refractivity contribution in [2.75, 3.05) is 0 Å². The van der Waals surface area contributed by atoms with Gasteiger partial charge in [0.2, 0.25) is 0 Å². The molecule has 0 aliphatic heterocycles. The minimum absolute atomic E-state index is 0.0507. The van der Waals surface area contributed by atoms with E-state index in [1.54, 1.807) is 0 Å². The van der Waals surface area contributed by atoms with E-state index in [2.05, 4.69) is 0 Å². The maximum absolute atomic E-state index is 13.5. The summed E-state index contributed by atoms with van der Waals surface area (Å²) in [5.74, 6) is 0.702. The maximum atomic E-state index is 13.5. The van der Waals surface area contributed by atoms with Crippen molar-refractivity contribution in [3.63, 3.8) is 0 Å². The second kappa shape index (κ2) is 9.63. The highest BCUT2D eigenvalue weighted by molar-refractivity contribution is 7.20. The summed E-state index contributed by atoms with van der Waals surface area (Å²) < 4.78 is 7.04. The van der Waals surface area contributed by atoms with Crippen LogP contribution in [0.15, 0.2) is 109 Å². The highest BCUT2D eigenvalue weighted by atomic mass is 32.1. The Morgan fingerprint density at radius 1 is 0.818 bits per heavy atom. The summed E-state index contributed by atoms with van der Waals surface area (Å²) >= 11 is 1.53. The number of carbonyl (C=O) groups excluding carboxylic acids is 1. The number of hydrogen-bond donors (Lipinski definition) is 0. The first-order chi connectivity index (χ1) is 16.3. The number of thiazole rings is 1.